The minimum atomic E-state index is 0.0431. The van der Waals surface area contributed by atoms with Gasteiger partial charge in [-0.2, -0.15) is 5.10 Å². The molecule has 1 fully saturated rings. The van der Waals surface area contributed by atoms with Gasteiger partial charge in [0.05, 0.1) is 30.6 Å². The van der Waals surface area contributed by atoms with Gasteiger partial charge in [-0.15, -0.1) is 11.3 Å². The predicted octanol–water partition coefficient (Wildman–Crippen LogP) is 2.64. The van der Waals surface area contributed by atoms with Crippen LogP contribution in [-0.2, 0) is 11.3 Å². The van der Waals surface area contributed by atoms with Crippen LogP contribution < -0.4 is 0 Å². The minimum Gasteiger partial charge on any atom is -0.381 e. The van der Waals surface area contributed by atoms with Crippen molar-refractivity contribution in [2.24, 2.45) is 0 Å². The third-order valence-corrected chi connectivity index (χ3v) is 4.69. The molecule has 3 rings (SSSR count). The van der Waals surface area contributed by atoms with E-state index in [1.54, 1.807) is 17.5 Å². The molecule has 5 nitrogen and oxygen atoms in total. The van der Waals surface area contributed by atoms with Gasteiger partial charge in [0.2, 0.25) is 0 Å². The Morgan fingerprint density at radius 1 is 1.62 bits per heavy atom. The van der Waals surface area contributed by atoms with Crippen LogP contribution in [-0.4, -0.2) is 40.8 Å². The highest BCUT2D eigenvalue weighted by molar-refractivity contribution is 7.09. The van der Waals surface area contributed by atoms with Crippen LogP contribution in [0.1, 0.15) is 40.2 Å². The van der Waals surface area contributed by atoms with Gasteiger partial charge in [-0.1, -0.05) is 6.07 Å². The van der Waals surface area contributed by atoms with E-state index in [1.165, 1.54) is 4.88 Å². The predicted molar refractivity (Wildman–Crippen MR) is 81.5 cm³/mol. The third-order valence-electron chi connectivity index (χ3n) is 3.83. The zero-order chi connectivity index (χ0) is 14.7. The molecule has 2 aromatic heterocycles. The molecule has 0 saturated carbocycles. The molecular weight excluding hydrogens is 286 g/mol. The molecule has 1 atom stereocenters. The molecule has 6 heteroatoms. The lowest BCUT2D eigenvalue weighted by molar-refractivity contribution is 0.0752. The number of aromatic nitrogens is 2. The number of hydrogen-bond acceptors (Lipinski definition) is 4. The molecule has 112 valence electrons. The topological polar surface area (TPSA) is 58.2 Å². The van der Waals surface area contributed by atoms with E-state index >= 15 is 0 Å². The highest BCUT2D eigenvalue weighted by Gasteiger charge is 2.27. The van der Waals surface area contributed by atoms with Crippen molar-refractivity contribution in [3.63, 3.8) is 0 Å². The first-order chi connectivity index (χ1) is 10.3. The number of ether oxygens (including phenoxy) is 1. The summed E-state index contributed by atoms with van der Waals surface area (Å²) in [5.41, 5.74) is 1.60. The summed E-state index contributed by atoms with van der Waals surface area (Å²) in [6, 6.07) is 4.07. The van der Waals surface area contributed by atoms with Crippen LogP contribution in [0.5, 0.6) is 0 Å². The maximum absolute atomic E-state index is 12.8. The molecule has 3 heterocycles. The number of rotatable bonds is 5. The molecule has 21 heavy (non-hydrogen) atoms. The number of aromatic amines is 1. The van der Waals surface area contributed by atoms with Crippen molar-refractivity contribution in [3.8, 4) is 0 Å². The standard InChI is InChI=1S/C15H19N3O2S/c1-2-18(9-12-4-3-7-21-12)15(19)13-8-16-17-14(13)11-5-6-20-10-11/h3-4,7-8,11H,2,5-6,9-10H2,1H3,(H,16,17)/t11-/m0/s1. The Hall–Kier alpha value is -1.66. The van der Waals surface area contributed by atoms with Crippen LogP contribution in [0.25, 0.3) is 0 Å². The van der Waals surface area contributed by atoms with Gasteiger partial charge in [0.1, 0.15) is 0 Å². The van der Waals surface area contributed by atoms with Crippen LogP contribution in [0.2, 0.25) is 0 Å². The van der Waals surface area contributed by atoms with Crippen LogP contribution in [0.4, 0.5) is 0 Å². The second kappa shape index (κ2) is 6.41. The van der Waals surface area contributed by atoms with Gasteiger partial charge < -0.3 is 9.64 Å². The SMILES string of the molecule is CCN(Cc1cccs1)C(=O)c1cn[nH]c1[C@H]1CCOC1. The van der Waals surface area contributed by atoms with E-state index in [0.29, 0.717) is 25.3 Å². The Balaban J connectivity index is 1.78. The highest BCUT2D eigenvalue weighted by Crippen LogP contribution is 2.27. The lowest BCUT2D eigenvalue weighted by Gasteiger charge is -2.20. The highest BCUT2D eigenvalue weighted by atomic mass is 32.1. The average Bonchev–Trinajstić information content (AvgIpc) is 3.25. The fraction of sp³-hybridized carbons (Fsp3) is 0.467. The van der Waals surface area contributed by atoms with Crippen LogP contribution >= 0.6 is 11.3 Å². The second-order valence-corrected chi connectivity index (χ2v) is 6.19. The normalized spacial score (nSPS) is 18.0. The van der Waals surface area contributed by atoms with Gasteiger partial charge in [0.25, 0.3) is 5.91 Å². The van der Waals surface area contributed by atoms with Gasteiger partial charge >= 0.3 is 0 Å². The Morgan fingerprint density at radius 3 is 3.19 bits per heavy atom. The minimum absolute atomic E-state index is 0.0431. The van der Waals surface area contributed by atoms with Crippen LogP contribution in [0.3, 0.4) is 0 Å². The van der Waals surface area contributed by atoms with Crippen LogP contribution in [0.15, 0.2) is 23.7 Å². The first-order valence-electron chi connectivity index (χ1n) is 7.22. The molecule has 0 aromatic carbocycles. The zero-order valence-electron chi connectivity index (χ0n) is 12.0. The molecule has 0 aliphatic carbocycles. The fourth-order valence-electron chi connectivity index (χ4n) is 2.63. The van der Waals surface area contributed by atoms with E-state index < -0.39 is 0 Å². The van der Waals surface area contributed by atoms with E-state index in [1.807, 2.05) is 23.3 Å². The van der Waals surface area contributed by atoms with Crippen LogP contribution in [0, 0.1) is 0 Å². The van der Waals surface area contributed by atoms with Gasteiger partial charge in [-0.3, -0.25) is 9.89 Å². The number of carbonyl (C=O) groups is 1. The number of nitrogens with one attached hydrogen (secondary N) is 1. The third kappa shape index (κ3) is 3.01. The smallest absolute Gasteiger partial charge is 0.257 e. The van der Waals surface area contributed by atoms with E-state index in [2.05, 4.69) is 16.3 Å². The molecule has 0 spiro atoms. The van der Waals surface area contributed by atoms with Crippen molar-refractivity contribution in [1.29, 1.82) is 0 Å². The summed E-state index contributed by atoms with van der Waals surface area (Å²) in [5.74, 6) is 0.299. The fourth-order valence-corrected chi connectivity index (χ4v) is 3.35. The Kier molecular flexibility index (Phi) is 4.36. The number of nitrogens with zero attached hydrogens (tertiary/aromatic N) is 2. The van der Waals surface area contributed by atoms with Crippen molar-refractivity contribution in [3.05, 3.63) is 39.8 Å². The van der Waals surface area contributed by atoms with E-state index in [9.17, 15) is 4.79 Å². The second-order valence-electron chi connectivity index (χ2n) is 5.16. The molecule has 0 bridgehead atoms. The summed E-state index contributed by atoms with van der Waals surface area (Å²) in [5, 5.41) is 9.10. The zero-order valence-corrected chi connectivity index (χ0v) is 12.9. The molecule has 1 N–H and O–H groups in total. The van der Waals surface area contributed by atoms with Crippen molar-refractivity contribution in [1.82, 2.24) is 15.1 Å². The molecule has 1 saturated heterocycles. The molecule has 2 aromatic rings. The Labute approximate surface area is 127 Å². The summed E-state index contributed by atoms with van der Waals surface area (Å²) in [4.78, 5) is 15.8. The number of amides is 1. The maximum atomic E-state index is 12.8. The summed E-state index contributed by atoms with van der Waals surface area (Å²) in [6.07, 6.45) is 2.59. The van der Waals surface area contributed by atoms with E-state index in [0.717, 1.165) is 18.7 Å². The summed E-state index contributed by atoms with van der Waals surface area (Å²) < 4.78 is 5.42. The van der Waals surface area contributed by atoms with E-state index in [-0.39, 0.29) is 11.8 Å². The largest absolute Gasteiger partial charge is 0.381 e. The first kappa shape index (κ1) is 14.3. The Bertz CT molecular complexity index is 588. The maximum Gasteiger partial charge on any atom is 0.257 e. The summed E-state index contributed by atoms with van der Waals surface area (Å²) in [6.45, 7) is 4.76. The van der Waals surface area contributed by atoms with E-state index in [4.69, 9.17) is 4.74 Å². The van der Waals surface area contributed by atoms with Crippen molar-refractivity contribution < 1.29 is 9.53 Å². The van der Waals surface area contributed by atoms with Crippen molar-refractivity contribution >= 4 is 17.2 Å². The quantitative estimate of drug-likeness (QED) is 0.924. The monoisotopic (exact) mass is 305 g/mol. The molecule has 0 radical (unpaired) electrons. The molecule has 1 aliphatic heterocycles. The average molecular weight is 305 g/mol. The number of carbonyl (C=O) groups excluding carboxylic acids is 1. The molecule has 0 unspecified atom stereocenters. The number of H-pyrrole nitrogens is 1. The van der Waals surface area contributed by atoms with Crippen molar-refractivity contribution in [2.75, 3.05) is 19.8 Å². The number of thiophene rings is 1. The van der Waals surface area contributed by atoms with Gasteiger partial charge in [0, 0.05) is 23.9 Å². The summed E-state index contributed by atoms with van der Waals surface area (Å²) in [7, 11) is 0. The Morgan fingerprint density at radius 2 is 2.52 bits per heavy atom. The van der Waals surface area contributed by atoms with Gasteiger partial charge in [-0.05, 0) is 24.8 Å². The summed E-state index contributed by atoms with van der Waals surface area (Å²) >= 11 is 1.67. The molecular formula is C15H19N3O2S. The lowest BCUT2D eigenvalue weighted by Crippen LogP contribution is -2.30. The van der Waals surface area contributed by atoms with Gasteiger partial charge in [0.15, 0.2) is 0 Å². The molecule has 1 amide bonds. The first-order valence-corrected chi connectivity index (χ1v) is 8.10. The molecule has 1 aliphatic rings. The lowest BCUT2D eigenvalue weighted by atomic mass is 10.0. The van der Waals surface area contributed by atoms with Gasteiger partial charge in [-0.25, -0.2) is 0 Å². The van der Waals surface area contributed by atoms with Crippen molar-refractivity contribution in [2.45, 2.75) is 25.8 Å². The number of hydrogen-bond donors (Lipinski definition) is 1.